The first-order valence-electron chi connectivity index (χ1n) is 9.47. The second-order valence-corrected chi connectivity index (χ2v) is 7.21. The van der Waals surface area contributed by atoms with Crippen molar-refractivity contribution < 1.29 is 9.47 Å². The highest BCUT2D eigenvalue weighted by atomic mass is 35.5. The summed E-state index contributed by atoms with van der Waals surface area (Å²) >= 11 is 0. The first-order valence-corrected chi connectivity index (χ1v) is 9.47. The molecule has 0 saturated carbocycles. The highest BCUT2D eigenvalue weighted by Gasteiger charge is 2.20. The molecule has 150 valence electrons. The Kier molecular flexibility index (Phi) is 8.16. The van der Waals surface area contributed by atoms with Crippen LogP contribution in [0.25, 0.3) is 11.6 Å². The SMILES string of the molecule is COc1cccc(C2=C(CN(C)C)CCCC2=Cc2ccccc2OC)c1.Cl. The van der Waals surface area contributed by atoms with Gasteiger partial charge in [-0.2, -0.15) is 0 Å². The Balaban J connectivity index is 0.00000280. The number of ether oxygens (including phenoxy) is 2. The Morgan fingerprint density at radius 2 is 1.75 bits per heavy atom. The van der Waals surface area contributed by atoms with Gasteiger partial charge >= 0.3 is 0 Å². The van der Waals surface area contributed by atoms with Gasteiger partial charge < -0.3 is 14.4 Å². The molecule has 3 nitrogen and oxygen atoms in total. The highest BCUT2D eigenvalue weighted by Crippen LogP contribution is 2.39. The third-order valence-corrected chi connectivity index (χ3v) is 4.93. The van der Waals surface area contributed by atoms with Gasteiger partial charge in [-0.25, -0.2) is 0 Å². The largest absolute Gasteiger partial charge is 0.497 e. The van der Waals surface area contributed by atoms with Gasteiger partial charge in [-0.3, -0.25) is 0 Å². The normalized spacial score (nSPS) is 15.5. The molecular weight excluding hydrogens is 370 g/mol. The fourth-order valence-corrected chi connectivity index (χ4v) is 3.79. The number of likely N-dealkylation sites (N-methyl/N-ethyl adjacent to an activating group) is 1. The summed E-state index contributed by atoms with van der Waals surface area (Å²) in [7, 11) is 7.72. The van der Waals surface area contributed by atoms with Crippen LogP contribution in [0.1, 0.15) is 30.4 Å². The average molecular weight is 400 g/mol. The van der Waals surface area contributed by atoms with E-state index in [4.69, 9.17) is 9.47 Å². The lowest BCUT2D eigenvalue weighted by Gasteiger charge is -2.26. The predicted molar refractivity (Wildman–Crippen MR) is 121 cm³/mol. The first-order chi connectivity index (χ1) is 13.1. The van der Waals surface area contributed by atoms with Crippen molar-refractivity contribution in [1.29, 1.82) is 0 Å². The molecule has 0 aromatic heterocycles. The summed E-state index contributed by atoms with van der Waals surface area (Å²) in [6.07, 6.45) is 5.68. The molecule has 0 atom stereocenters. The van der Waals surface area contributed by atoms with Gasteiger partial charge in [0.1, 0.15) is 11.5 Å². The maximum atomic E-state index is 5.57. The molecule has 3 rings (SSSR count). The van der Waals surface area contributed by atoms with Crippen molar-refractivity contribution in [2.24, 2.45) is 0 Å². The number of hydrogen-bond donors (Lipinski definition) is 0. The molecule has 0 saturated heterocycles. The zero-order valence-corrected chi connectivity index (χ0v) is 18.0. The van der Waals surface area contributed by atoms with Crippen molar-refractivity contribution in [2.45, 2.75) is 19.3 Å². The molecule has 0 unspecified atom stereocenters. The lowest BCUT2D eigenvalue weighted by Crippen LogP contribution is -2.18. The second-order valence-electron chi connectivity index (χ2n) is 7.21. The summed E-state index contributed by atoms with van der Waals surface area (Å²) < 4.78 is 11.0. The molecule has 0 fully saturated rings. The summed E-state index contributed by atoms with van der Waals surface area (Å²) in [6.45, 7) is 0.968. The Morgan fingerprint density at radius 3 is 2.46 bits per heavy atom. The third-order valence-electron chi connectivity index (χ3n) is 4.93. The van der Waals surface area contributed by atoms with Crippen molar-refractivity contribution in [2.75, 3.05) is 34.9 Å². The summed E-state index contributed by atoms with van der Waals surface area (Å²) in [5.74, 6) is 1.81. The van der Waals surface area contributed by atoms with Crippen molar-refractivity contribution in [3.63, 3.8) is 0 Å². The molecule has 0 aliphatic heterocycles. The summed E-state index contributed by atoms with van der Waals surface area (Å²) in [4.78, 5) is 2.25. The molecular formula is C24H30ClNO2. The summed E-state index contributed by atoms with van der Waals surface area (Å²) in [6, 6.07) is 16.6. The Bertz CT molecular complexity index is 855. The number of para-hydroxylation sites is 1. The fourth-order valence-electron chi connectivity index (χ4n) is 3.79. The standard InChI is InChI=1S/C24H29NO2.ClH/c1-25(2)17-21-12-7-10-19(15-18-9-5-6-14-23(18)27-4)24(21)20-11-8-13-22(16-20)26-3;/h5-6,8-9,11,13-16H,7,10,12,17H2,1-4H3;1H. The minimum absolute atomic E-state index is 0. The van der Waals surface area contributed by atoms with Gasteiger partial charge in [0.25, 0.3) is 0 Å². The van der Waals surface area contributed by atoms with E-state index in [1.807, 2.05) is 18.2 Å². The summed E-state index contributed by atoms with van der Waals surface area (Å²) in [5.41, 5.74) is 6.57. The van der Waals surface area contributed by atoms with Crippen LogP contribution < -0.4 is 9.47 Å². The molecule has 1 aliphatic carbocycles. The van der Waals surface area contributed by atoms with Crippen molar-refractivity contribution in [3.05, 3.63) is 70.8 Å². The van der Waals surface area contributed by atoms with Gasteiger partial charge in [-0.15, -0.1) is 12.4 Å². The topological polar surface area (TPSA) is 21.7 Å². The van der Waals surface area contributed by atoms with E-state index in [0.717, 1.165) is 36.4 Å². The van der Waals surface area contributed by atoms with Crippen LogP contribution in [0.2, 0.25) is 0 Å². The molecule has 0 amide bonds. The molecule has 0 heterocycles. The second kappa shape index (κ2) is 10.4. The minimum Gasteiger partial charge on any atom is -0.497 e. The van der Waals surface area contributed by atoms with E-state index >= 15 is 0 Å². The molecule has 1 aliphatic rings. The number of halogens is 1. The van der Waals surface area contributed by atoms with E-state index in [1.54, 1.807) is 14.2 Å². The average Bonchev–Trinajstić information content (AvgIpc) is 2.68. The van der Waals surface area contributed by atoms with Gasteiger partial charge in [-0.05, 0) is 79.9 Å². The van der Waals surface area contributed by atoms with Crippen LogP contribution >= 0.6 is 12.4 Å². The number of rotatable bonds is 6. The molecule has 4 heteroatoms. The van der Waals surface area contributed by atoms with Crippen LogP contribution in [0.4, 0.5) is 0 Å². The number of methoxy groups -OCH3 is 2. The molecule has 28 heavy (non-hydrogen) atoms. The van der Waals surface area contributed by atoms with E-state index in [0.29, 0.717) is 0 Å². The minimum atomic E-state index is 0. The van der Waals surface area contributed by atoms with Crippen LogP contribution in [0.5, 0.6) is 11.5 Å². The monoisotopic (exact) mass is 399 g/mol. The van der Waals surface area contributed by atoms with E-state index in [9.17, 15) is 0 Å². The maximum Gasteiger partial charge on any atom is 0.126 e. The first kappa shape index (κ1) is 22.1. The zero-order valence-electron chi connectivity index (χ0n) is 17.2. The van der Waals surface area contributed by atoms with Gasteiger partial charge in [-0.1, -0.05) is 30.3 Å². The summed E-state index contributed by atoms with van der Waals surface area (Å²) in [5, 5.41) is 0. The molecule has 0 spiro atoms. The number of nitrogens with zero attached hydrogens (tertiary/aromatic N) is 1. The van der Waals surface area contributed by atoms with E-state index in [2.05, 4.69) is 55.4 Å². The Morgan fingerprint density at radius 1 is 0.964 bits per heavy atom. The Labute approximate surface area is 175 Å². The Hall–Kier alpha value is -2.23. The lowest BCUT2D eigenvalue weighted by atomic mass is 9.82. The fraction of sp³-hybridized carbons (Fsp3) is 0.333. The van der Waals surface area contributed by atoms with Gasteiger partial charge in [0, 0.05) is 12.1 Å². The number of allylic oxidation sites excluding steroid dienone is 2. The van der Waals surface area contributed by atoms with Crippen LogP contribution in [-0.4, -0.2) is 39.8 Å². The van der Waals surface area contributed by atoms with Crippen LogP contribution in [0.15, 0.2) is 59.7 Å². The van der Waals surface area contributed by atoms with E-state index in [1.165, 1.54) is 28.7 Å². The van der Waals surface area contributed by atoms with Gasteiger partial charge in [0.15, 0.2) is 0 Å². The van der Waals surface area contributed by atoms with Crippen molar-refractivity contribution in [1.82, 2.24) is 4.90 Å². The van der Waals surface area contributed by atoms with Crippen LogP contribution in [0, 0.1) is 0 Å². The molecule has 0 bridgehead atoms. The number of hydrogen-bond acceptors (Lipinski definition) is 3. The molecule has 0 radical (unpaired) electrons. The van der Waals surface area contributed by atoms with Crippen LogP contribution in [0.3, 0.4) is 0 Å². The quantitative estimate of drug-likeness (QED) is 0.621. The van der Waals surface area contributed by atoms with Crippen molar-refractivity contribution >= 4 is 24.1 Å². The molecule has 2 aromatic rings. The van der Waals surface area contributed by atoms with Crippen LogP contribution in [-0.2, 0) is 0 Å². The smallest absolute Gasteiger partial charge is 0.126 e. The predicted octanol–water partition coefficient (Wildman–Crippen LogP) is 5.71. The molecule has 2 aromatic carbocycles. The van der Waals surface area contributed by atoms with E-state index in [-0.39, 0.29) is 12.4 Å². The zero-order chi connectivity index (χ0) is 19.2. The molecule has 0 N–H and O–H groups in total. The number of benzene rings is 2. The third kappa shape index (κ3) is 5.18. The van der Waals surface area contributed by atoms with Crippen molar-refractivity contribution in [3.8, 4) is 11.5 Å². The maximum absolute atomic E-state index is 5.57. The van der Waals surface area contributed by atoms with E-state index < -0.39 is 0 Å². The lowest BCUT2D eigenvalue weighted by molar-refractivity contribution is 0.413. The van der Waals surface area contributed by atoms with Gasteiger partial charge in [0.2, 0.25) is 0 Å². The van der Waals surface area contributed by atoms with Gasteiger partial charge in [0.05, 0.1) is 14.2 Å². The highest BCUT2D eigenvalue weighted by molar-refractivity contribution is 5.88.